The Balaban J connectivity index is 4.31. The second-order valence-corrected chi connectivity index (χ2v) is 5.59. The third-order valence-corrected chi connectivity index (χ3v) is 3.70. The minimum absolute atomic E-state index is 0.0499. The molecule has 2 unspecified atom stereocenters. The van der Waals surface area contributed by atoms with E-state index in [0.717, 1.165) is 25.9 Å². The molecule has 0 aromatic carbocycles. The molecule has 0 aromatic heterocycles. The Hall–Kier alpha value is -0.610. The largest absolute Gasteiger partial charge is 0.480 e. The third-order valence-electron chi connectivity index (χ3n) is 3.70. The number of hydrogen-bond donors (Lipinski definition) is 2. The van der Waals surface area contributed by atoms with Crippen LogP contribution >= 0.6 is 0 Å². The maximum Gasteiger partial charge on any atom is 0.323 e. The van der Waals surface area contributed by atoms with Crippen molar-refractivity contribution in [3.05, 3.63) is 0 Å². The lowest BCUT2D eigenvalue weighted by atomic mass is 9.94. The average molecular weight is 273 g/mol. The Kier molecular flexibility index (Phi) is 9.02. The predicted octanol–water partition coefficient (Wildman–Crippen LogP) is 3.06. The van der Waals surface area contributed by atoms with E-state index in [4.69, 9.17) is 4.74 Å². The quantitative estimate of drug-likeness (QED) is 0.607. The Labute approximate surface area is 117 Å². The Morgan fingerprint density at radius 3 is 2.32 bits per heavy atom. The van der Waals surface area contributed by atoms with E-state index in [1.165, 1.54) is 0 Å². The smallest absolute Gasteiger partial charge is 0.323 e. The highest BCUT2D eigenvalue weighted by Gasteiger charge is 2.34. The van der Waals surface area contributed by atoms with Crippen LogP contribution in [0.2, 0.25) is 0 Å². The van der Waals surface area contributed by atoms with Crippen LogP contribution in [0.5, 0.6) is 0 Å². The summed E-state index contributed by atoms with van der Waals surface area (Å²) in [5, 5.41) is 12.5. The molecule has 4 heteroatoms. The molecule has 4 nitrogen and oxygen atoms in total. The molecule has 0 saturated carbocycles. The summed E-state index contributed by atoms with van der Waals surface area (Å²) in [6.07, 6.45) is 3.57. The second-order valence-electron chi connectivity index (χ2n) is 5.59. The first-order valence-corrected chi connectivity index (χ1v) is 7.49. The average Bonchev–Trinajstić information content (AvgIpc) is 2.37. The van der Waals surface area contributed by atoms with Crippen molar-refractivity contribution in [1.29, 1.82) is 0 Å². The van der Waals surface area contributed by atoms with Gasteiger partial charge >= 0.3 is 5.97 Å². The zero-order valence-corrected chi connectivity index (χ0v) is 13.2. The molecule has 0 bridgehead atoms. The SMILES string of the molecule is CCCNC(C)(CC(C)OCC(CC)CC)C(=O)O. The van der Waals surface area contributed by atoms with Crippen LogP contribution in [0.4, 0.5) is 0 Å². The van der Waals surface area contributed by atoms with Crippen molar-refractivity contribution < 1.29 is 14.6 Å². The molecule has 0 fully saturated rings. The third kappa shape index (κ3) is 6.92. The van der Waals surface area contributed by atoms with E-state index in [0.29, 0.717) is 18.9 Å². The fourth-order valence-corrected chi connectivity index (χ4v) is 2.09. The number of hydrogen-bond acceptors (Lipinski definition) is 3. The van der Waals surface area contributed by atoms with Crippen LogP contribution < -0.4 is 5.32 Å². The van der Waals surface area contributed by atoms with Gasteiger partial charge < -0.3 is 15.2 Å². The summed E-state index contributed by atoms with van der Waals surface area (Å²) in [6, 6.07) is 0. The van der Waals surface area contributed by atoms with Gasteiger partial charge in [-0.2, -0.15) is 0 Å². The van der Waals surface area contributed by atoms with Crippen LogP contribution in [0.25, 0.3) is 0 Å². The van der Waals surface area contributed by atoms with Crippen molar-refractivity contribution >= 4 is 5.97 Å². The normalized spacial score (nSPS) is 16.3. The summed E-state index contributed by atoms with van der Waals surface area (Å²) in [5.74, 6) is -0.235. The van der Waals surface area contributed by atoms with Crippen LogP contribution in [-0.2, 0) is 9.53 Å². The van der Waals surface area contributed by atoms with Gasteiger partial charge in [0.15, 0.2) is 0 Å². The van der Waals surface area contributed by atoms with Crippen LogP contribution in [0.1, 0.15) is 60.3 Å². The Morgan fingerprint density at radius 2 is 1.89 bits per heavy atom. The van der Waals surface area contributed by atoms with E-state index in [2.05, 4.69) is 19.2 Å². The summed E-state index contributed by atoms with van der Waals surface area (Å²) >= 11 is 0. The Bertz CT molecular complexity index is 254. The minimum Gasteiger partial charge on any atom is -0.480 e. The zero-order chi connectivity index (χ0) is 14.9. The van der Waals surface area contributed by atoms with E-state index in [1.54, 1.807) is 6.92 Å². The maximum atomic E-state index is 11.4. The van der Waals surface area contributed by atoms with Gasteiger partial charge in [0.05, 0.1) is 6.10 Å². The zero-order valence-electron chi connectivity index (χ0n) is 13.2. The van der Waals surface area contributed by atoms with Crippen molar-refractivity contribution in [2.24, 2.45) is 5.92 Å². The second kappa shape index (κ2) is 9.32. The van der Waals surface area contributed by atoms with Gasteiger partial charge in [-0.25, -0.2) is 0 Å². The lowest BCUT2D eigenvalue weighted by Crippen LogP contribution is -2.51. The van der Waals surface area contributed by atoms with Crippen LogP contribution in [0, 0.1) is 5.92 Å². The van der Waals surface area contributed by atoms with Gasteiger partial charge in [-0.05, 0) is 32.7 Å². The first-order valence-electron chi connectivity index (χ1n) is 7.49. The molecule has 0 spiro atoms. The van der Waals surface area contributed by atoms with E-state index in [-0.39, 0.29) is 6.10 Å². The van der Waals surface area contributed by atoms with E-state index < -0.39 is 11.5 Å². The predicted molar refractivity (Wildman–Crippen MR) is 78.4 cm³/mol. The van der Waals surface area contributed by atoms with Crippen molar-refractivity contribution in [3.8, 4) is 0 Å². The van der Waals surface area contributed by atoms with E-state index >= 15 is 0 Å². The molecular weight excluding hydrogens is 242 g/mol. The van der Waals surface area contributed by atoms with Gasteiger partial charge in [-0.1, -0.05) is 33.6 Å². The van der Waals surface area contributed by atoms with Crippen LogP contribution in [0.3, 0.4) is 0 Å². The molecule has 19 heavy (non-hydrogen) atoms. The molecule has 0 amide bonds. The first-order chi connectivity index (χ1) is 8.89. The minimum atomic E-state index is -0.899. The number of ether oxygens (including phenoxy) is 1. The summed E-state index contributed by atoms with van der Waals surface area (Å²) in [5.41, 5.74) is -0.899. The molecule has 0 heterocycles. The van der Waals surface area contributed by atoms with Crippen LogP contribution in [0.15, 0.2) is 0 Å². The number of nitrogens with one attached hydrogen (secondary N) is 1. The van der Waals surface area contributed by atoms with Gasteiger partial charge in [0.1, 0.15) is 5.54 Å². The lowest BCUT2D eigenvalue weighted by molar-refractivity contribution is -0.146. The fraction of sp³-hybridized carbons (Fsp3) is 0.933. The summed E-state index contributed by atoms with van der Waals surface area (Å²) < 4.78 is 5.81. The number of carboxylic acids is 1. The molecule has 114 valence electrons. The molecule has 0 rings (SSSR count). The van der Waals surface area contributed by atoms with E-state index in [1.807, 2.05) is 13.8 Å². The molecule has 2 atom stereocenters. The van der Waals surface area contributed by atoms with Crippen molar-refractivity contribution in [2.45, 2.75) is 71.9 Å². The molecule has 0 aliphatic carbocycles. The molecule has 0 aromatic rings. The number of carbonyl (C=O) groups is 1. The summed E-state index contributed by atoms with van der Waals surface area (Å²) in [7, 11) is 0. The highest BCUT2D eigenvalue weighted by Crippen LogP contribution is 2.17. The van der Waals surface area contributed by atoms with Crippen molar-refractivity contribution in [1.82, 2.24) is 5.32 Å². The van der Waals surface area contributed by atoms with Gasteiger partial charge in [0, 0.05) is 13.0 Å². The molecule has 0 aliphatic rings. The molecule has 2 N–H and O–H groups in total. The van der Waals surface area contributed by atoms with Crippen molar-refractivity contribution in [2.75, 3.05) is 13.2 Å². The van der Waals surface area contributed by atoms with Crippen LogP contribution in [-0.4, -0.2) is 35.9 Å². The molecule has 0 saturated heterocycles. The van der Waals surface area contributed by atoms with Crippen molar-refractivity contribution in [3.63, 3.8) is 0 Å². The number of rotatable bonds is 11. The standard InChI is InChI=1S/C15H31NO3/c1-6-9-16-15(5,14(17)18)10-12(4)19-11-13(7-2)8-3/h12-13,16H,6-11H2,1-5H3,(H,17,18). The maximum absolute atomic E-state index is 11.4. The summed E-state index contributed by atoms with van der Waals surface area (Å²) in [6.45, 7) is 11.5. The highest BCUT2D eigenvalue weighted by atomic mass is 16.5. The number of carboxylic acid groups (broad SMARTS) is 1. The topological polar surface area (TPSA) is 58.6 Å². The monoisotopic (exact) mass is 273 g/mol. The Morgan fingerprint density at radius 1 is 1.32 bits per heavy atom. The highest BCUT2D eigenvalue weighted by molar-refractivity contribution is 5.78. The van der Waals surface area contributed by atoms with Gasteiger partial charge in [-0.3, -0.25) is 4.79 Å². The van der Waals surface area contributed by atoms with Gasteiger partial charge in [0.2, 0.25) is 0 Å². The van der Waals surface area contributed by atoms with Gasteiger partial charge in [-0.15, -0.1) is 0 Å². The summed E-state index contributed by atoms with van der Waals surface area (Å²) in [4.78, 5) is 11.4. The van der Waals surface area contributed by atoms with E-state index in [9.17, 15) is 9.90 Å². The first kappa shape index (κ1) is 18.4. The fourth-order valence-electron chi connectivity index (χ4n) is 2.09. The lowest BCUT2D eigenvalue weighted by Gasteiger charge is -2.29. The number of aliphatic carboxylic acids is 1. The molecule has 0 radical (unpaired) electrons. The molecular formula is C15H31NO3. The molecule has 0 aliphatic heterocycles. The van der Waals surface area contributed by atoms with Gasteiger partial charge in [0.25, 0.3) is 0 Å².